The van der Waals surface area contributed by atoms with Crippen molar-refractivity contribution < 1.29 is 4.79 Å². The minimum Gasteiger partial charge on any atom is -0.348 e. The molecule has 3 aliphatic heterocycles. The first kappa shape index (κ1) is 18.0. The molecular weight excluding hydrogens is 314 g/mol. The highest BCUT2D eigenvalue weighted by molar-refractivity contribution is 5.77. The third-order valence-corrected chi connectivity index (χ3v) is 5.55. The van der Waals surface area contributed by atoms with E-state index < -0.39 is 0 Å². The second-order valence-corrected chi connectivity index (χ2v) is 7.64. The lowest BCUT2D eigenvalue weighted by Crippen LogP contribution is -2.44. The monoisotopic (exact) mass is 343 g/mol. The van der Waals surface area contributed by atoms with Crippen molar-refractivity contribution in [3.63, 3.8) is 0 Å². The lowest BCUT2D eigenvalue weighted by Gasteiger charge is -2.36. The number of nitrogens with zero attached hydrogens (tertiary/aromatic N) is 5. The fourth-order valence-corrected chi connectivity index (χ4v) is 4.18. The Hall–Kier alpha value is -1.84. The van der Waals surface area contributed by atoms with Gasteiger partial charge >= 0.3 is 0 Å². The van der Waals surface area contributed by atoms with Crippen LogP contribution in [0.1, 0.15) is 31.0 Å². The molecule has 6 heteroatoms. The van der Waals surface area contributed by atoms with Gasteiger partial charge in [-0.2, -0.15) is 5.26 Å². The van der Waals surface area contributed by atoms with Crippen LogP contribution in [-0.4, -0.2) is 71.5 Å². The Balaban J connectivity index is 1.67. The summed E-state index contributed by atoms with van der Waals surface area (Å²) in [5.74, 6) is 0.823. The number of piperidine rings is 1. The Kier molecular flexibility index (Phi) is 5.45. The largest absolute Gasteiger partial charge is 0.348 e. The van der Waals surface area contributed by atoms with E-state index in [1.807, 2.05) is 24.7 Å². The first-order valence-electron chi connectivity index (χ1n) is 9.25. The molecule has 6 nitrogen and oxygen atoms in total. The van der Waals surface area contributed by atoms with Gasteiger partial charge in [-0.25, -0.2) is 0 Å². The lowest BCUT2D eigenvalue weighted by molar-refractivity contribution is -0.130. The highest BCUT2D eigenvalue weighted by atomic mass is 16.2. The van der Waals surface area contributed by atoms with Gasteiger partial charge in [-0.15, -0.1) is 0 Å². The molecule has 1 aromatic heterocycles. The van der Waals surface area contributed by atoms with Gasteiger partial charge in [0, 0.05) is 59.1 Å². The summed E-state index contributed by atoms with van der Waals surface area (Å²) >= 11 is 0. The molecule has 3 saturated heterocycles. The number of fused-ring (bicyclic) bond motifs is 4. The fraction of sp³-hybridized carbons (Fsp3) is 0.684. The lowest BCUT2D eigenvalue weighted by atomic mass is 9.94. The van der Waals surface area contributed by atoms with Gasteiger partial charge in [-0.1, -0.05) is 0 Å². The number of nitriles is 1. The molecule has 0 radical (unpaired) electrons. The van der Waals surface area contributed by atoms with Crippen molar-refractivity contribution in [2.24, 2.45) is 5.92 Å². The van der Waals surface area contributed by atoms with Crippen LogP contribution >= 0.6 is 0 Å². The summed E-state index contributed by atoms with van der Waals surface area (Å²) in [6, 6.07) is 4.81. The quantitative estimate of drug-likeness (QED) is 0.810. The maximum atomic E-state index is 12.1. The van der Waals surface area contributed by atoms with E-state index in [4.69, 9.17) is 0 Å². The van der Waals surface area contributed by atoms with Gasteiger partial charge < -0.3 is 9.47 Å². The number of hydrogen-bond donors (Lipinski definition) is 0. The Bertz CT molecular complexity index is 659. The fourth-order valence-electron chi connectivity index (χ4n) is 4.18. The summed E-state index contributed by atoms with van der Waals surface area (Å²) < 4.78 is 2.02. The molecule has 25 heavy (non-hydrogen) atoms. The summed E-state index contributed by atoms with van der Waals surface area (Å²) in [4.78, 5) is 18.7. The van der Waals surface area contributed by atoms with Crippen molar-refractivity contribution in [2.45, 2.75) is 38.9 Å². The van der Waals surface area contributed by atoms with Crippen LogP contribution in [0.25, 0.3) is 0 Å². The van der Waals surface area contributed by atoms with Crippen LogP contribution in [0, 0.1) is 17.2 Å². The van der Waals surface area contributed by atoms with Gasteiger partial charge in [0.2, 0.25) is 5.91 Å². The molecule has 4 rings (SSSR count). The maximum Gasteiger partial charge on any atom is 0.236 e. The molecular formula is C19H29N5O. The molecule has 3 aliphatic rings. The molecule has 1 aromatic rings. The third-order valence-electron chi connectivity index (χ3n) is 5.55. The first-order chi connectivity index (χ1) is 12.0. The summed E-state index contributed by atoms with van der Waals surface area (Å²) in [5.41, 5.74) is 1.97. The molecule has 0 spiro atoms. The third kappa shape index (κ3) is 4.05. The molecule has 0 saturated carbocycles. The minimum atomic E-state index is 0.187. The van der Waals surface area contributed by atoms with Crippen molar-refractivity contribution in [3.8, 4) is 6.07 Å². The normalized spacial score (nSPS) is 24.1. The zero-order chi connectivity index (χ0) is 18.0. The first-order valence-corrected chi connectivity index (χ1v) is 9.25. The smallest absolute Gasteiger partial charge is 0.236 e. The number of carbonyl (C=O) groups is 1. The predicted octanol–water partition coefficient (Wildman–Crippen LogP) is 1.36. The standard InChI is InChI=1S/C19H29N5O/c1-4-23-11-16(7-18(23)8-20)12-24-10-15-5-6-17(24)13-22(9-15)14-19(25)21(2)3/h7,11,15,17H,4-6,9-10,12-14H2,1-3H3/t15-,17+/m0/s1. The molecule has 0 aromatic carbocycles. The number of likely N-dealkylation sites (N-methyl/N-ethyl adjacent to an activating group) is 1. The number of carbonyl (C=O) groups excluding carboxylic acids is 1. The van der Waals surface area contributed by atoms with Crippen LogP contribution in [0.4, 0.5) is 0 Å². The second-order valence-electron chi connectivity index (χ2n) is 7.64. The second kappa shape index (κ2) is 7.59. The van der Waals surface area contributed by atoms with E-state index in [-0.39, 0.29) is 5.91 Å². The molecule has 2 bridgehead atoms. The van der Waals surface area contributed by atoms with Gasteiger partial charge in [0.1, 0.15) is 11.8 Å². The summed E-state index contributed by atoms with van der Waals surface area (Å²) in [6.07, 6.45) is 4.58. The summed E-state index contributed by atoms with van der Waals surface area (Å²) in [6.45, 7) is 7.41. The van der Waals surface area contributed by atoms with E-state index in [0.29, 0.717) is 18.5 Å². The van der Waals surface area contributed by atoms with E-state index in [1.165, 1.54) is 18.4 Å². The van der Waals surface area contributed by atoms with Gasteiger partial charge in [0.25, 0.3) is 0 Å². The Morgan fingerprint density at radius 2 is 2.12 bits per heavy atom. The summed E-state index contributed by atoms with van der Waals surface area (Å²) in [7, 11) is 3.65. The summed E-state index contributed by atoms with van der Waals surface area (Å²) in [5, 5.41) is 9.26. The van der Waals surface area contributed by atoms with Crippen LogP contribution in [0.15, 0.2) is 12.3 Å². The topological polar surface area (TPSA) is 55.5 Å². The van der Waals surface area contributed by atoms with E-state index in [2.05, 4.69) is 29.0 Å². The Morgan fingerprint density at radius 3 is 2.76 bits per heavy atom. The molecule has 0 aliphatic carbocycles. The number of rotatable bonds is 5. The van der Waals surface area contributed by atoms with Crippen molar-refractivity contribution in [1.29, 1.82) is 5.26 Å². The number of aromatic nitrogens is 1. The van der Waals surface area contributed by atoms with Crippen LogP contribution < -0.4 is 0 Å². The zero-order valence-corrected chi connectivity index (χ0v) is 15.6. The minimum absolute atomic E-state index is 0.187. The van der Waals surface area contributed by atoms with Crippen LogP contribution in [0.5, 0.6) is 0 Å². The van der Waals surface area contributed by atoms with E-state index in [0.717, 1.165) is 38.4 Å². The van der Waals surface area contributed by atoms with E-state index >= 15 is 0 Å². The average Bonchev–Trinajstić information content (AvgIpc) is 2.78. The van der Waals surface area contributed by atoms with E-state index in [1.54, 1.807) is 4.90 Å². The molecule has 3 fully saturated rings. The van der Waals surface area contributed by atoms with Gasteiger partial charge in [-0.05, 0) is 37.3 Å². The number of hydrogen-bond acceptors (Lipinski definition) is 4. The van der Waals surface area contributed by atoms with Gasteiger partial charge in [0.15, 0.2) is 0 Å². The van der Waals surface area contributed by atoms with Crippen molar-refractivity contribution in [3.05, 3.63) is 23.5 Å². The molecule has 4 heterocycles. The maximum absolute atomic E-state index is 12.1. The SMILES string of the molecule is CCn1cc(CN2C[C@H]3CC[C@@H]2CN(CC(=O)N(C)C)C3)cc1C#N. The van der Waals surface area contributed by atoms with Crippen molar-refractivity contribution >= 4 is 5.91 Å². The molecule has 0 N–H and O–H groups in total. The van der Waals surface area contributed by atoms with Crippen LogP contribution in [0.3, 0.4) is 0 Å². The Labute approximate surface area is 150 Å². The molecule has 2 atom stereocenters. The van der Waals surface area contributed by atoms with Crippen LogP contribution in [0.2, 0.25) is 0 Å². The molecule has 0 unspecified atom stereocenters. The predicted molar refractivity (Wildman–Crippen MR) is 96.9 cm³/mol. The van der Waals surface area contributed by atoms with Gasteiger partial charge in [-0.3, -0.25) is 14.6 Å². The average molecular weight is 343 g/mol. The van der Waals surface area contributed by atoms with E-state index in [9.17, 15) is 10.1 Å². The Morgan fingerprint density at radius 1 is 1.32 bits per heavy atom. The highest BCUT2D eigenvalue weighted by Crippen LogP contribution is 2.29. The van der Waals surface area contributed by atoms with Crippen LogP contribution in [-0.2, 0) is 17.9 Å². The zero-order valence-electron chi connectivity index (χ0n) is 15.6. The number of aryl methyl sites for hydroxylation is 1. The number of amides is 1. The van der Waals surface area contributed by atoms with Gasteiger partial charge in [0.05, 0.1) is 6.54 Å². The van der Waals surface area contributed by atoms with Crippen molar-refractivity contribution in [2.75, 3.05) is 40.3 Å². The molecule has 136 valence electrons. The van der Waals surface area contributed by atoms with Crippen molar-refractivity contribution in [1.82, 2.24) is 19.3 Å². The highest BCUT2D eigenvalue weighted by Gasteiger charge is 2.35. The molecule has 1 amide bonds.